The number of anilines is 1. The second kappa shape index (κ2) is 10.7. The monoisotopic (exact) mass is 588 g/mol. The number of nitrogens with one attached hydrogen (secondary N) is 3. The maximum absolute atomic E-state index is 12.8. The van der Waals surface area contributed by atoms with Crippen LogP contribution in [0.15, 0.2) is 45.9 Å². The highest BCUT2D eigenvalue weighted by molar-refractivity contribution is 9.10. The van der Waals surface area contributed by atoms with Gasteiger partial charge in [-0.3, -0.25) is 4.79 Å². The molecule has 1 saturated carbocycles. The molecule has 1 fully saturated rings. The van der Waals surface area contributed by atoms with E-state index in [-0.39, 0.29) is 18.5 Å². The van der Waals surface area contributed by atoms with Crippen molar-refractivity contribution in [3.63, 3.8) is 0 Å². The van der Waals surface area contributed by atoms with Gasteiger partial charge in [-0.25, -0.2) is 23.4 Å². The lowest BCUT2D eigenvalue weighted by molar-refractivity contribution is -0.129. The maximum atomic E-state index is 12.8. The van der Waals surface area contributed by atoms with E-state index in [0.717, 1.165) is 18.4 Å². The number of hydrogen-bond donors (Lipinski definition) is 3. The molecule has 200 valence electrons. The predicted molar refractivity (Wildman–Crippen MR) is 141 cm³/mol. The number of carbonyl (C=O) groups excluding carboxylic acids is 1. The van der Waals surface area contributed by atoms with Crippen molar-refractivity contribution in [3.05, 3.63) is 47.0 Å². The van der Waals surface area contributed by atoms with Crippen LogP contribution in [0.1, 0.15) is 31.7 Å². The molecular formula is C25H27BrF2N8O2. The summed E-state index contributed by atoms with van der Waals surface area (Å²) in [6.07, 6.45) is 4.49. The molecule has 3 N–H and O–H groups in total. The summed E-state index contributed by atoms with van der Waals surface area (Å²) < 4.78 is 33.2. The predicted octanol–water partition coefficient (Wildman–Crippen LogP) is 4.30. The number of oxazole rings is 1. The fourth-order valence-corrected chi connectivity index (χ4v) is 5.35. The molecule has 1 aliphatic carbocycles. The Bertz CT molecular complexity index is 1440. The molecule has 3 aromatic heterocycles. The quantitative estimate of drug-likeness (QED) is 0.264. The van der Waals surface area contributed by atoms with Gasteiger partial charge in [-0.05, 0) is 59.0 Å². The van der Waals surface area contributed by atoms with E-state index in [1.165, 1.54) is 12.5 Å². The van der Waals surface area contributed by atoms with Gasteiger partial charge in [0.05, 0.1) is 23.8 Å². The third-order valence-electron chi connectivity index (χ3n) is 6.84. The van der Waals surface area contributed by atoms with Gasteiger partial charge in [0.15, 0.2) is 5.65 Å². The number of hydrogen-bond acceptors (Lipinski definition) is 8. The molecule has 4 aromatic rings. The lowest BCUT2D eigenvalue weighted by atomic mass is 9.87. The Morgan fingerprint density at radius 1 is 1.34 bits per heavy atom. The van der Waals surface area contributed by atoms with E-state index < -0.39 is 18.4 Å². The molecular weight excluding hydrogens is 562 g/mol. The zero-order valence-electron chi connectivity index (χ0n) is 20.8. The Labute approximate surface area is 225 Å². The van der Waals surface area contributed by atoms with Crippen molar-refractivity contribution >= 4 is 38.8 Å². The fourth-order valence-electron chi connectivity index (χ4n) is 4.91. The van der Waals surface area contributed by atoms with Gasteiger partial charge in [0.1, 0.15) is 10.9 Å². The third kappa shape index (κ3) is 5.25. The van der Waals surface area contributed by atoms with Gasteiger partial charge in [-0.1, -0.05) is 6.92 Å². The summed E-state index contributed by atoms with van der Waals surface area (Å²) in [5, 5.41) is 14.2. The maximum Gasteiger partial charge on any atom is 0.250 e. The standard InChI is InChI=1S/C25H27BrF2N8O2/c1-25(23(37)29-2)6-5-15(10-25)33-24-32-12-18-20(26)35-36(21(18)34-24)16-3-4-17(22-31-7-8-38-22)14(9-16)11-30-13-19(27)28/h3-4,7-9,12,15,19,30H,5-6,10-11,13H2,1-2H3,(H,29,37)(H,32,33,34)/t15-,25-/m1/s1. The van der Waals surface area contributed by atoms with E-state index in [4.69, 9.17) is 9.40 Å². The fraction of sp³-hybridized carbons (Fsp3) is 0.400. The van der Waals surface area contributed by atoms with Crippen molar-refractivity contribution in [1.29, 1.82) is 0 Å². The smallest absolute Gasteiger partial charge is 0.250 e. The SMILES string of the molecule is CNC(=O)[C@]1(C)CC[C@@H](Nc2ncc3c(Br)nn(-c4ccc(-c5ncco5)c(CNCC(F)F)c4)c3n2)C1. The summed E-state index contributed by atoms with van der Waals surface area (Å²) in [7, 11) is 1.66. The Balaban J connectivity index is 1.46. The summed E-state index contributed by atoms with van der Waals surface area (Å²) in [6, 6.07) is 5.57. The van der Waals surface area contributed by atoms with E-state index in [1.54, 1.807) is 17.9 Å². The summed E-state index contributed by atoms with van der Waals surface area (Å²) in [4.78, 5) is 25.7. The Morgan fingerprint density at radius 2 is 2.18 bits per heavy atom. The summed E-state index contributed by atoms with van der Waals surface area (Å²) in [6.45, 7) is 1.72. The first-order valence-electron chi connectivity index (χ1n) is 12.2. The minimum Gasteiger partial charge on any atom is -0.445 e. The highest BCUT2D eigenvalue weighted by Gasteiger charge is 2.41. The van der Waals surface area contributed by atoms with Crippen molar-refractivity contribution in [2.45, 2.75) is 45.2 Å². The van der Waals surface area contributed by atoms with Gasteiger partial charge in [-0.2, -0.15) is 10.1 Å². The van der Waals surface area contributed by atoms with Crippen molar-refractivity contribution in [2.24, 2.45) is 5.41 Å². The van der Waals surface area contributed by atoms with E-state index in [9.17, 15) is 13.6 Å². The van der Waals surface area contributed by atoms with Crippen molar-refractivity contribution in [2.75, 3.05) is 18.9 Å². The number of amides is 1. The average molecular weight is 589 g/mol. The van der Waals surface area contributed by atoms with Crippen LogP contribution in [0.25, 0.3) is 28.2 Å². The average Bonchev–Trinajstić information content (AvgIpc) is 3.64. The second-order valence-corrected chi connectivity index (χ2v) is 10.3. The van der Waals surface area contributed by atoms with E-state index >= 15 is 0 Å². The molecule has 38 heavy (non-hydrogen) atoms. The van der Waals surface area contributed by atoms with Gasteiger partial charge in [0.25, 0.3) is 6.43 Å². The summed E-state index contributed by atoms with van der Waals surface area (Å²) in [5.41, 5.74) is 2.23. The van der Waals surface area contributed by atoms with Crippen LogP contribution in [-0.4, -0.2) is 56.7 Å². The number of alkyl halides is 2. The number of aromatic nitrogens is 5. The Kier molecular flexibility index (Phi) is 7.39. The highest BCUT2D eigenvalue weighted by Crippen LogP contribution is 2.39. The van der Waals surface area contributed by atoms with Crippen LogP contribution < -0.4 is 16.0 Å². The van der Waals surface area contributed by atoms with E-state index in [0.29, 0.717) is 45.1 Å². The highest BCUT2D eigenvalue weighted by atomic mass is 79.9. The topological polar surface area (TPSA) is 123 Å². The first-order chi connectivity index (χ1) is 18.3. The minimum atomic E-state index is -2.47. The van der Waals surface area contributed by atoms with Crippen LogP contribution in [0.4, 0.5) is 14.7 Å². The largest absolute Gasteiger partial charge is 0.445 e. The number of halogens is 3. The lowest BCUT2D eigenvalue weighted by Crippen LogP contribution is -2.35. The molecule has 0 bridgehead atoms. The summed E-state index contributed by atoms with van der Waals surface area (Å²) in [5.74, 6) is 0.866. The van der Waals surface area contributed by atoms with Crippen LogP contribution in [0.2, 0.25) is 0 Å². The normalized spacial score (nSPS) is 19.4. The van der Waals surface area contributed by atoms with Gasteiger partial charge >= 0.3 is 0 Å². The van der Waals surface area contributed by atoms with Gasteiger partial charge in [-0.15, -0.1) is 0 Å². The lowest BCUT2D eigenvalue weighted by Gasteiger charge is -2.22. The second-order valence-electron chi connectivity index (χ2n) is 9.56. The molecule has 1 aliphatic rings. The van der Waals surface area contributed by atoms with Crippen LogP contribution in [0, 0.1) is 5.41 Å². The van der Waals surface area contributed by atoms with Gasteiger partial charge in [0.2, 0.25) is 17.7 Å². The van der Waals surface area contributed by atoms with Crippen LogP contribution >= 0.6 is 15.9 Å². The minimum absolute atomic E-state index is 0.0345. The van der Waals surface area contributed by atoms with Crippen molar-refractivity contribution in [3.8, 4) is 17.1 Å². The van der Waals surface area contributed by atoms with Gasteiger partial charge < -0.3 is 20.4 Å². The molecule has 13 heteroatoms. The number of rotatable bonds is 9. The van der Waals surface area contributed by atoms with E-state index in [2.05, 4.69) is 46.9 Å². The van der Waals surface area contributed by atoms with Crippen LogP contribution in [0.5, 0.6) is 0 Å². The number of carbonyl (C=O) groups is 1. The molecule has 0 radical (unpaired) electrons. The Morgan fingerprint density at radius 3 is 2.92 bits per heavy atom. The molecule has 0 unspecified atom stereocenters. The zero-order valence-corrected chi connectivity index (χ0v) is 22.4. The van der Waals surface area contributed by atoms with E-state index in [1.807, 2.05) is 25.1 Å². The summed E-state index contributed by atoms with van der Waals surface area (Å²) >= 11 is 3.49. The first kappa shape index (κ1) is 26.2. The molecule has 5 rings (SSSR count). The number of nitrogens with zero attached hydrogens (tertiary/aromatic N) is 5. The third-order valence-corrected chi connectivity index (χ3v) is 7.43. The molecule has 0 saturated heterocycles. The molecule has 3 heterocycles. The molecule has 1 aromatic carbocycles. The van der Waals surface area contributed by atoms with Crippen molar-refractivity contribution in [1.82, 2.24) is 35.4 Å². The first-order valence-corrected chi connectivity index (χ1v) is 13.0. The van der Waals surface area contributed by atoms with Crippen LogP contribution in [0.3, 0.4) is 0 Å². The molecule has 0 aliphatic heterocycles. The number of fused-ring (bicyclic) bond motifs is 1. The van der Waals surface area contributed by atoms with Crippen LogP contribution in [-0.2, 0) is 11.3 Å². The van der Waals surface area contributed by atoms with Gasteiger partial charge in [0, 0.05) is 36.8 Å². The molecule has 0 spiro atoms. The molecule has 1 amide bonds. The zero-order chi connectivity index (χ0) is 26.9. The molecule has 10 nitrogen and oxygen atoms in total. The number of benzene rings is 1. The molecule has 2 atom stereocenters. The Hall–Kier alpha value is -3.45. The van der Waals surface area contributed by atoms with Crippen molar-refractivity contribution < 1.29 is 18.0 Å².